The van der Waals surface area contributed by atoms with E-state index >= 15 is 0 Å². The first-order chi connectivity index (χ1) is 21.7. The zero-order valence-corrected chi connectivity index (χ0v) is 25.0. The van der Waals surface area contributed by atoms with Gasteiger partial charge in [0.2, 0.25) is 0 Å². The summed E-state index contributed by atoms with van der Waals surface area (Å²) < 4.78 is 11.0. The van der Waals surface area contributed by atoms with Crippen molar-refractivity contribution in [2.75, 3.05) is 10.6 Å². The molecule has 0 aliphatic rings. The van der Waals surface area contributed by atoms with Crippen LogP contribution in [-0.2, 0) is 0 Å². The molecular formula is C34H17Cl3N2O6. The number of benzene rings is 5. The third kappa shape index (κ3) is 5.09. The third-order valence-electron chi connectivity index (χ3n) is 7.34. The molecule has 5 aromatic carbocycles. The Morgan fingerprint density at radius 1 is 0.533 bits per heavy atom. The summed E-state index contributed by atoms with van der Waals surface area (Å²) >= 11 is 19.2. The molecule has 0 bridgehead atoms. The zero-order chi connectivity index (χ0) is 31.4. The summed E-state index contributed by atoms with van der Waals surface area (Å²) in [5.41, 5.74) is -1.12. The van der Waals surface area contributed by atoms with Crippen LogP contribution < -0.4 is 21.9 Å². The lowest BCUT2D eigenvalue weighted by Crippen LogP contribution is -2.21. The summed E-state index contributed by atoms with van der Waals surface area (Å²) in [7, 11) is 0. The summed E-state index contributed by atoms with van der Waals surface area (Å²) in [4.78, 5) is 51.7. The number of nitrogens with one attached hydrogen (secondary N) is 2. The van der Waals surface area contributed by atoms with Gasteiger partial charge in [0.05, 0.1) is 10.7 Å². The second-order valence-electron chi connectivity index (χ2n) is 10.1. The van der Waals surface area contributed by atoms with Crippen molar-refractivity contribution < 1.29 is 18.4 Å². The Morgan fingerprint density at radius 3 is 1.49 bits per heavy atom. The Bertz CT molecular complexity index is 2520. The number of halogens is 3. The van der Waals surface area contributed by atoms with Crippen LogP contribution in [0.15, 0.2) is 109 Å². The van der Waals surface area contributed by atoms with E-state index in [4.69, 9.17) is 43.6 Å². The molecule has 0 spiro atoms. The van der Waals surface area contributed by atoms with Crippen molar-refractivity contribution in [3.8, 4) is 0 Å². The summed E-state index contributed by atoms with van der Waals surface area (Å²) in [5.74, 6) is -1.49. The van der Waals surface area contributed by atoms with Crippen molar-refractivity contribution in [1.82, 2.24) is 0 Å². The minimum absolute atomic E-state index is 0.0594. The minimum Gasteiger partial charge on any atom is -0.421 e. The van der Waals surface area contributed by atoms with Crippen LogP contribution in [0.5, 0.6) is 0 Å². The molecule has 0 aliphatic heterocycles. The lowest BCUT2D eigenvalue weighted by Gasteiger charge is -2.11. The van der Waals surface area contributed by atoms with Gasteiger partial charge in [-0.3, -0.25) is 9.59 Å². The first-order valence-corrected chi connectivity index (χ1v) is 14.5. The van der Waals surface area contributed by atoms with Crippen molar-refractivity contribution in [2.45, 2.75) is 0 Å². The van der Waals surface area contributed by atoms with Crippen molar-refractivity contribution >= 4 is 101 Å². The van der Waals surface area contributed by atoms with Gasteiger partial charge in [-0.2, -0.15) is 0 Å². The highest BCUT2D eigenvalue weighted by molar-refractivity contribution is 6.38. The summed E-state index contributed by atoms with van der Waals surface area (Å²) in [6.07, 6.45) is 0. The van der Waals surface area contributed by atoms with Gasteiger partial charge in [-0.25, -0.2) is 9.59 Å². The maximum absolute atomic E-state index is 13.1. The molecule has 7 rings (SSSR count). The second-order valence-corrected chi connectivity index (χ2v) is 11.4. The number of carbonyl (C=O) groups is 2. The quantitative estimate of drug-likeness (QED) is 0.145. The molecule has 2 aromatic heterocycles. The van der Waals surface area contributed by atoms with Crippen LogP contribution in [-0.4, -0.2) is 11.8 Å². The number of hydrogen-bond donors (Lipinski definition) is 2. The largest absolute Gasteiger partial charge is 0.421 e. The lowest BCUT2D eigenvalue weighted by atomic mass is 10.1. The second kappa shape index (κ2) is 11.1. The Balaban J connectivity index is 1.14. The average molecular weight is 656 g/mol. The fraction of sp³-hybridized carbons (Fsp3) is 0. The van der Waals surface area contributed by atoms with Gasteiger partial charge in [0, 0.05) is 48.0 Å². The molecule has 0 saturated carbocycles. The van der Waals surface area contributed by atoms with Crippen LogP contribution in [0, 0.1) is 0 Å². The van der Waals surface area contributed by atoms with Gasteiger partial charge in [0.1, 0.15) is 22.3 Å². The summed E-state index contributed by atoms with van der Waals surface area (Å²) in [6.45, 7) is 0. The van der Waals surface area contributed by atoms with Gasteiger partial charge in [0.25, 0.3) is 11.8 Å². The Kier molecular flexibility index (Phi) is 7.05. The third-order valence-corrected chi connectivity index (χ3v) is 8.28. The average Bonchev–Trinajstić information content (AvgIpc) is 3.03. The number of fused-ring (bicyclic) bond motifs is 6. The van der Waals surface area contributed by atoms with Crippen LogP contribution in [0.3, 0.4) is 0 Å². The molecule has 0 radical (unpaired) electrons. The van der Waals surface area contributed by atoms with E-state index < -0.39 is 23.1 Å². The topological polar surface area (TPSA) is 119 Å². The molecule has 11 heteroatoms. The monoisotopic (exact) mass is 654 g/mol. The van der Waals surface area contributed by atoms with Crippen molar-refractivity contribution in [1.29, 1.82) is 0 Å². The van der Waals surface area contributed by atoms with Crippen LogP contribution in [0.4, 0.5) is 11.4 Å². The summed E-state index contributed by atoms with van der Waals surface area (Å²) in [5, 5.41) is 9.82. The molecule has 7 aromatic rings. The number of anilines is 2. The molecule has 0 fully saturated rings. The van der Waals surface area contributed by atoms with Crippen molar-refractivity contribution in [2.24, 2.45) is 0 Å². The van der Waals surface area contributed by atoms with Crippen LogP contribution >= 0.6 is 34.8 Å². The molecule has 2 amide bonds. The first-order valence-electron chi connectivity index (χ1n) is 13.4. The fourth-order valence-corrected chi connectivity index (χ4v) is 6.01. The van der Waals surface area contributed by atoms with Crippen LogP contribution in [0.25, 0.3) is 43.5 Å². The predicted octanol–water partition coefficient (Wildman–Crippen LogP) is 8.67. The molecule has 0 aliphatic carbocycles. The fourth-order valence-electron chi connectivity index (χ4n) is 5.21. The molecular weight excluding hydrogens is 639 g/mol. The van der Waals surface area contributed by atoms with E-state index in [1.807, 2.05) is 18.2 Å². The van der Waals surface area contributed by atoms with E-state index in [1.54, 1.807) is 42.5 Å². The highest BCUT2D eigenvalue weighted by atomic mass is 35.5. The maximum Gasteiger partial charge on any atom is 0.349 e. The Labute approximate surface area is 267 Å². The van der Waals surface area contributed by atoms with E-state index in [9.17, 15) is 19.2 Å². The zero-order valence-electron chi connectivity index (χ0n) is 22.7. The first kappa shape index (κ1) is 28.6. The molecule has 2 heterocycles. The molecule has 45 heavy (non-hydrogen) atoms. The number of carbonyl (C=O) groups excluding carboxylic acids is 2. The van der Waals surface area contributed by atoms with Crippen molar-refractivity contribution in [3.63, 3.8) is 0 Å². The highest BCUT2D eigenvalue weighted by Crippen LogP contribution is 2.33. The van der Waals surface area contributed by atoms with E-state index in [2.05, 4.69) is 10.6 Å². The Hall–Kier alpha value is -5.15. The van der Waals surface area contributed by atoms with Gasteiger partial charge in [-0.15, -0.1) is 0 Å². The summed E-state index contributed by atoms with van der Waals surface area (Å²) in [6, 6.07) is 24.8. The number of amides is 2. The van der Waals surface area contributed by atoms with Gasteiger partial charge < -0.3 is 19.5 Å². The van der Waals surface area contributed by atoms with E-state index in [0.29, 0.717) is 53.5 Å². The molecule has 220 valence electrons. The molecule has 2 N–H and O–H groups in total. The highest BCUT2D eigenvalue weighted by Gasteiger charge is 2.19. The molecule has 0 atom stereocenters. The Morgan fingerprint density at radius 2 is 1.00 bits per heavy atom. The van der Waals surface area contributed by atoms with Crippen LogP contribution in [0.1, 0.15) is 20.7 Å². The van der Waals surface area contributed by atoms with Gasteiger partial charge in [-0.05, 0) is 42.5 Å². The van der Waals surface area contributed by atoms with Gasteiger partial charge in [0.15, 0.2) is 0 Å². The molecule has 8 nitrogen and oxygen atoms in total. The van der Waals surface area contributed by atoms with E-state index in [-0.39, 0.29) is 27.5 Å². The number of rotatable bonds is 4. The molecule has 0 unspecified atom stereocenters. The smallest absolute Gasteiger partial charge is 0.349 e. The van der Waals surface area contributed by atoms with Gasteiger partial charge >= 0.3 is 11.3 Å². The maximum atomic E-state index is 13.1. The minimum atomic E-state index is -0.837. The van der Waals surface area contributed by atoms with E-state index in [1.165, 1.54) is 30.3 Å². The standard InChI is InChI=1S/C34H17Cl3N2O6/c35-25-13-16-11-23(33(42)44-29(16)21-7-3-1-5-19(21)25)31(40)38-18-9-10-28(27(37)15-18)39-32(41)24-12-17-14-26(36)20-6-2-4-8-22(20)30(17)45-34(24)43/h1-15H,(H,38,40)(H,39,41). The lowest BCUT2D eigenvalue weighted by molar-refractivity contribution is 0.101. The van der Waals surface area contributed by atoms with E-state index in [0.717, 1.165) is 0 Å². The molecule has 0 saturated heterocycles. The normalized spacial score (nSPS) is 11.4. The number of hydrogen-bond acceptors (Lipinski definition) is 6. The predicted molar refractivity (Wildman–Crippen MR) is 177 cm³/mol. The van der Waals surface area contributed by atoms with Crippen LogP contribution in [0.2, 0.25) is 15.1 Å². The SMILES string of the molecule is O=C(Nc1ccc(NC(=O)c2cc3cc(Cl)c4ccccc4c3oc2=O)c(Cl)c1)c1cc2cc(Cl)c3ccccc3c2oc1=O. The van der Waals surface area contributed by atoms with Crippen molar-refractivity contribution in [3.05, 3.63) is 138 Å². The van der Waals surface area contributed by atoms with Gasteiger partial charge in [-0.1, -0.05) is 83.3 Å².